The van der Waals surface area contributed by atoms with Gasteiger partial charge in [-0.25, -0.2) is 0 Å². The van der Waals surface area contributed by atoms with Crippen LogP contribution < -0.4 is 11.1 Å². The van der Waals surface area contributed by atoms with Gasteiger partial charge in [0.15, 0.2) is 0 Å². The van der Waals surface area contributed by atoms with E-state index in [-0.39, 0.29) is 5.54 Å². The lowest BCUT2D eigenvalue weighted by molar-refractivity contribution is 0.447. The molecule has 1 heterocycles. The van der Waals surface area contributed by atoms with E-state index in [1.165, 1.54) is 15.3 Å². The Morgan fingerprint density at radius 3 is 2.50 bits per heavy atom. The monoisotopic (exact) mass is 260 g/mol. The summed E-state index contributed by atoms with van der Waals surface area (Å²) in [7, 11) is 0. The molecule has 2 nitrogen and oxygen atoms in total. The zero-order valence-electron chi connectivity index (χ0n) is 10.9. The molecule has 0 radical (unpaired) electrons. The maximum absolute atomic E-state index is 6.35. The molecule has 0 saturated heterocycles. The van der Waals surface area contributed by atoms with Crippen LogP contribution in [0.2, 0.25) is 0 Å². The van der Waals surface area contributed by atoms with Gasteiger partial charge < -0.3 is 11.1 Å². The molecule has 2 aromatic rings. The lowest BCUT2D eigenvalue weighted by atomic mass is 9.93. The number of nitrogens with one attached hydrogen (secondary N) is 1. The standard InChI is InChI=1S/C15H20N2S/c1-12-8-9-14(18-12)10-17-11-15(2,16)13-6-4-3-5-7-13/h3-9,17H,10-11,16H2,1-2H3. The summed E-state index contributed by atoms with van der Waals surface area (Å²) in [4.78, 5) is 2.71. The van der Waals surface area contributed by atoms with Gasteiger partial charge in [-0.3, -0.25) is 0 Å². The topological polar surface area (TPSA) is 38.0 Å². The van der Waals surface area contributed by atoms with E-state index in [4.69, 9.17) is 5.73 Å². The van der Waals surface area contributed by atoms with Crippen molar-refractivity contribution in [3.8, 4) is 0 Å². The van der Waals surface area contributed by atoms with Crippen LogP contribution in [0.4, 0.5) is 0 Å². The Labute approximate surface area is 113 Å². The minimum absolute atomic E-state index is 0.326. The summed E-state index contributed by atoms with van der Waals surface area (Å²) >= 11 is 1.83. The van der Waals surface area contributed by atoms with Crippen molar-refractivity contribution < 1.29 is 0 Å². The molecular formula is C15H20N2S. The third kappa shape index (κ3) is 3.42. The summed E-state index contributed by atoms with van der Waals surface area (Å²) in [6.45, 7) is 5.85. The molecule has 1 aromatic heterocycles. The predicted molar refractivity (Wildman–Crippen MR) is 78.7 cm³/mol. The zero-order valence-corrected chi connectivity index (χ0v) is 11.8. The smallest absolute Gasteiger partial charge is 0.0507 e. The molecule has 1 unspecified atom stereocenters. The fourth-order valence-electron chi connectivity index (χ4n) is 1.95. The Morgan fingerprint density at radius 2 is 1.89 bits per heavy atom. The highest BCUT2D eigenvalue weighted by atomic mass is 32.1. The Kier molecular flexibility index (Phi) is 4.17. The minimum Gasteiger partial charge on any atom is -0.321 e. The maximum Gasteiger partial charge on any atom is 0.0507 e. The van der Waals surface area contributed by atoms with Crippen LogP contribution in [0.25, 0.3) is 0 Å². The van der Waals surface area contributed by atoms with Crippen LogP contribution in [0.15, 0.2) is 42.5 Å². The Morgan fingerprint density at radius 1 is 1.17 bits per heavy atom. The number of hydrogen-bond acceptors (Lipinski definition) is 3. The molecule has 3 N–H and O–H groups in total. The van der Waals surface area contributed by atoms with Crippen LogP contribution in [0, 0.1) is 6.92 Å². The molecule has 3 heteroatoms. The molecule has 0 aliphatic carbocycles. The van der Waals surface area contributed by atoms with Crippen molar-refractivity contribution in [2.24, 2.45) is 5.73 Å². The first-order valence-electron chi connectivity index (χ1n) is 6.18. The minimum atomic E-state index is -0.326. The lowest BCUT2D eigenvalue weighted by Gasteiger charge is -2.25. The average molecular weight is 260 g/mol. The summed E-state index contributed by atoms with van der Waals surface area (Å²) in [5.74, 6) is 0. The van der Waals surface area contributed by atoms with Crippen LogP contribution in [0.3, 0.4) is 0 Å². The van der Waals surface area contributed by atoms with Crippen molar-refractivity contribution in [2.45, 2.75) is 25.9 Å². The first kappa shape index (κ1) is 13.3. The van der Waals surface area contributed by atoms with Gasteiger partial charge in [-0.1, -0.05) is 30.3 Å². The van der Waals surface area contributed by atoms with Crippen LogP contribution in [-0.4, -0.2) is 6.54 Å². The Hall–Kier alpha value is -1.16. The van der Waals surface area contributed by atoms with E-state index < -0.39 is 0 Å². The quantitative estimate of drug-likeness (QED) is 0.867. The second-order valence-corrected chi connectivity index (χ2v) is 6.27. The highest BCUT2D eigenvalue weighted by molar-refractivity contribution is 7.11. The van der Waals surface area contributed by atoms with Gasteiger partial charge in [-0.05, 0) is 31.5 Å². The predicted octanol–water partition coefficient (Wildman–Crippen LogP) is 3.02. The zero-order chi connectivity index (χ0) is 13.0. The number of rotatable bonds is 5. The molecule has 18 heavy (non-hydrogen) atoms. The fourth-order valence-corrected chi connectivity index (χ4v) is 2.81. The first-order valence-corrected chi connectivity index (χ1v) is 7.00. The molecule has 0 spiro atoms. The molecule has 96 valence electrons. The molecule has 0 aliphatic heterocycles. The van der Waals surface area contributed by atoms with Crippen molar-refractivity contribution in [2.75, 3.05) is 6.54 Å². The normalized spacial score (nSPS) is 14.4. The van der Waals surface area contributed by atoms with Crippen molar-refractivity contribution in [3.05, 3.63) is 57.8 Å². The van der Waals surface area contributed by atoms with Crippen molar-refractivity contribution >= 4 is 11.3 Å². The van der Waals surface area contributed by atoms with Gasteiger partial charge in [0.2, 0.25) is 0 Å². The van der Waals surface area contributed by atoms with Crippen LogP contribution >= 0.6 is 11.3 Å². The third-order valence-corrected chi connectivity index (χ3v) is 4.02. The molecule has 0 aliphatic rings. The molecular weight excluding hydrogens is 240 g/mol. The number of thiophene rings is 1. The van der Waals surface area contributed by atoms with Gasteiger partial charge in [-0.15, -0.1) is 11.3 Å². The molecule has 0 fully saturated rings. The van der Waals surface area contributed by atoms with Crippen molar-refractivity contribution in [1.29, 1.82) is 0 Å². The summed E-state index contributed by atoms with van der Waals surface area (Å²) in [6, 6.07) is 14.6. The van der Waals surface area contributed by atoms with Gasteiger partial charge in [0, 0.05) is 22.8 Å². The molecule has 0 amide bonds. The first-order chi connectivity index (χ1) is 8.58. The average Bonchev–Trinajstić information content (AvgIpc) is 2.76. The van der Waals surface area contributed by atoms with E-state index in [0.29, 0.717) is 0 Å². The molecule has 2 rings (SSSR count). The number of benzene rings is 1. The van der Waals surface area contributed by atoms with Crippen LogP contribution in [0.1, 0.15) is 22.2 Å². The van der Waals surface area contributed by atoms with E-state index in [9.17, 15) is 0 Å². The van der Waals surface area contributed by atoms with E-state index in [1.54, 1.807) is 0 Å². The molecule has 0 bridgehead atoms. The van der Waals surface area contributed by atoms with E-state index >= 15 is 0 Å². The SMILES string of the molecule is Cc1ccc(CNCC(C)(N)c2ccccc2)s1. The summed E-state index contributed by atoms with van der Waals surface area (Å²) in [5, 5.41) is 3.44. The highest BCUT2D eigenvalue weighted by Gasteiger charge is 2.19. The second kappa shape index (κ2) is 5.65. The van der Waals surface area contributed by atoms with Gasteiger partial charge in [-0.2, -0.15) is 0 Å². The fraction of sp³-hybridized carbons (Fsp3) is 0.333. The van der Waals surface area contributed by atoms with E-state index in [1.807, 2.05) is 29.5 Å². The van der Waals surface area contributed by atoms with Crippen LogP contribution in [0.5, 0.6) is 0 Å². The van der Waals surface area contributed by atoms with E-state index in [0.717, 1.165) is 13.1 Å². The van der Waals surface area contributed by atoms with Gasteiger partial charge in [0.1, 0.15) is 0 Å². The highest BCUT2D eigenvalue weighted by Crippen LogP contribution is 2.18. The van der Waals surface area contributed by atoms with Crippen molar-refractivity contribution in [1.82, 2.24) is 5.32 Å². The molecule has 0 saturated carbocycles. The number of nitrogens with two attached hydrogens (primary N) is 1. The third-order valence-electron chi connectivity index (χ3n) is 3.02. The molecule has 1 atom stereocenters. The van der Waals surface area contributed by atoms with Gasteiger partial charge in [0.25, 0.3) is 0 Å². The van der Waals surface area contributed by atoms with Gasteiger partial charge in [0.05, 0.1) is 5.54 Å². The van der Waals surface area contributed by atoms with E-state index in [2.05, 4.69) is 43.4 Å². The molecule has 1 aromatic carbocycles. The van der Waals surface area contributed by atoms with Crippen LogP contribution in [-0.2, 0) is 12.1 Å². The Balaban J connectivity index is 1.89. The number of aryl methyl sites for hydroxylation is 1. The summed E-state index contributed by atoms with van der Waals surface area (Å²) in [6.07, 6.45) is 0. The second-order valence-electron chi connectivity index (χ2n) is 4.90. The Bertz CT molecular complexity index is 488. The lowest BCUT2D eigenvalue weighted by Crippen LogP contribution is -2.43. The number of hydrogen-bond donors (Lipinski definition) is 2. The van der Waals surface area contributed by atoms with Crippen molar-refractivity contribution in [3.63, 3.8) is 0 Å². The summed E-state index contributed by atoms with van der Waals surface area (Å²) in [5.41, 5.74) is 7.19. The maximum atomic E-state index is 6.35. The summed E-state index contributed by atoms with van der Waals surface area (Å²) < 4.78 is 0. The van der Waals surface area contributed by atoms with Gasteiger partial charge >= 0.3 is 0 Å². The largest absolute Gasteiger partial charge is 0.321 e.